The third-order valence-corrected chi connectivity index (χ3v) is 7.67. The standard InChI is InChI=1S/C21H22BrN5O2S2/c1-12(2)27-19(15-8-9-17(22)29-15)25-26-21(27)30-11-18(28)24-20-14(10-23)13-6-4-3-5-7-16(13)31-20/h8-9,12H,3-7,11H2,1-2H3,(H,24,28). The fraction of sp³-hybridized carbons (Fsp3) is 0.429. The van der Waals surface area contributed by atoms with Gasteiger partial charge in [0, 0.05) is 10.9 Å². The largest absolute Gasteiger partial charge is 0.446 e. The van der Waals surface area contributed by atoms with Gasteiger partial charge in [0.05, 0.1) is 11.3 Å². The second-order valence-electron chi connectivity index (χ2n) is 7.59. The summed E-state index contributed by atoms with van der Waals surface area (Å²) in [6.07, 6.45) is 5.34. The lowest BCUT2D eigenvalue weighted by atomic mass is 10.1. The van der Waals surface area contributed by atoms with Crippen LogP contribution in [0.15, 0.2) is 26.4 Å². The van der Waals surface area contributed by atoms with Crippen LogP contribution in [0, 0.1) is 11.3 Å². The lowest BCUT2D eigenvalue weighted by Gasteiger charge is -2.12. The number of hydrogen-bond acceptors (Lipinski definition) is 7. The average molecular weight is 520 g/mol. The molecule has 3 aromatic heterocycles. The van der Waals surface area contributed by atoms with E-state index >= 15 is 0 Å². The van der Waals surface area contributed by atoms with Gasteiger partial charge in [0.25, 0.3) is 0 Å². The number of carbonyl (C=O) groups is 1. The van der Waals surface area contributed by atoms with Gasteiger partial charge in [0.1, 0.15) is 11.1 Å². The first-order valence-electron chi connectivity index (χ1n) is 10.2. The summed E-state index contributed by atoms with van der Waals surface area (Å²) in [6.45, 7) is 4.07. The molecule has 162 valence electrons. The summed E-state index contributed by atoms with van der Waals surface area (Å²) in [5.41, 5.74) is 1.76. The van der Waals surface area contributed by atoms with Gasteiger partial charge in [0.2, 0.25) is 11.7 Å². The van der Waals surface area contributed by atoms with Crippen molar-refractivity contribution >= 4 is 49.9 Å². The molecule has 0 saturated carbocycles. The van der Waals surface area contributed by atoms with Crippen molar-refractivity contribution in [2.24, 2.45) is 0 Å². The number of thiophene rings is 1. The van der Waals surface area contributed by atoms with Gasteiger partial charge >= 0.3 is 0 Å². The number of nitriles is 1. The van der Waals surface area contributed by atoms with Crippen molar-refractivity contribution in [3.8, 4) is 17.7 Å². The van der Waals surface area contributed by atoms with Gasteiger partial charge in [-0.25, -0.2) is 0 Å². The summed E-state index contributed by atoms with van der Waals surface area (Å²) >= 11 is 6.18. The molecule has 0 fully saturated rings. The number of furan rings is 1. The molecular weight excluding hydrogens is 498 g/mol. The topological polar surface area (TPSA) is 96.7 Å². The Bertz CT molecular complexity index is 1140. The third kappa shape index (κ3) is 4.73. The molecule has 0 unspecified atom stereocenters. The first-order chi connectivity index (χ1) is 15.0. The Morgan fingerprint density at radius 3 is 2.87 bits per heavy atom. The number of nitrogens with one attached hydrogen (secondary N) is 1. The Morgan fingerprint density at radius 1 is 1.35 bits per heavy atom. The minimum atomic E-state index is -0.154. The summed E-state index contributed by atoms with van der Waals surface area (Å²) in [5, 5.41) is 22.5. The van der Waals surface area contributed by atoms with Crippen LogP contribution in [0.25, 0.3) is 11.6 Å². The van der Waals surface area contributed by atoms with Crippen molar-refractivity contribution in [1.82, 2.24) is 14.8 Å². The summed E-state index contributed by atoms with van der Waals surface area (Å²) in [6, 6.07) is 6.04. The molecule has 31 heavy (non-hydrogen) atoms. The van der Waals surface area contributed by atoms with E-state index in [-0.39, 0.29) is 17.7 Å². The first-order valence-corrected chi connectivity index (χ1v) is 12.7. The molecule has 1 aliphatic rings. The Balaban J connectivity index is 1.48. The number of carbonyl (C=O) groups excluding carboxylic acids is 1. The van der Waals surface area contributed by atoms with E-state index in [9.17, 15) is 10.1 Å². The fourth-order valence-corrected chi connectivity index (χ4v) is 6.11. The molecule has 0 aromatic carbocycles. The van der Waals surface area contributed by atoms with Crippen LogP contribution in [0.2, 0.25) is 0 Å². The van der Waals surface area contributed by atoms with E-state index in [0.717, 1.165) is 31.2 Å². The molecule has 4 rings (SSSR count). The smallest absolute Gasteiger partial charge is 0.235 e. The molecule has 1 amide bonds. The quantitative estimate of drug-likeness (QED) is 0.325. The first kappa shape index (κ1) is 22.1. The molecule has 0 radical (unpaired) electrons. The van der Waals surface area contributed by atoms with Gasteiger partial charge in [-0.2, -0.15) is 5.26 Å². The highest BCUT2D eigenvalue weighted by Gasteiger charge is 2.23. The van der Waals surface area contributed by atoms with Gasteiger partial charge in [-0.3, -0.25) is 9.36 Å². The van der Waals surface area contributed by atoms with Gasteiger partial charge in [0.15, 0.2) is 15.6 Å². The van der Waals surface area contributed by atoms with Crippen LogP contribution in [0.1, 0.15) is 55.2 Å². The highest BCUT2D eigenvalue weighted by atomic mass is 79.9. The monoisotopic (exact) mass is 519 g/mol. The van der Waals surface area contributed by atoms with Crippen LogP contribution >= 0.6 is 39.0 Å². The second-order valence-corrected chi connectivity index (χ2v) is 10.4. The Morgan fingerprint density at radius 2 is 2.16 bits per heavy atom. The molecule has 3 aromatic rings. The number of aryl methyl sites for hydroxylation is 1. The van der Waals surface area contributed by atoms with Gasteiger partial charge in [-0.15, -0.1) is 21.5 Å². The predicted molar refractivity (Wildman–Crippen MR) is 125 cm³/mol. The van der Waals surface area contributed by atoms with E-state index in [4.69, 9.17) is 4.42 Å². The van der Waals surface area contributed by atoms with Gasteiger partial charge in [-0.05, 0) is 73.2 Å². The molecule has 0 atom stereocenters. The number of thioether (sulfide) groups is 1. The van der Waals surface area contributed by atoms with E-state index in [2.05, 4.69) is 37.5 Å². The zero-order valence-electron chi connectivity index (χ0n) is 17.3. The van der Waals surface area contributed by atoms with E-state index in [1.807, 2.05) is 30.5 Å². The number of halogens is 1. The maximum atomic E-state index is 12.7. The number of nitrogens with zero attached hydrogens (tertiary/aromatic N) is 4. The number of hydrogen-bond donors (Lipinski definition) is 1. The molecular formula is C21H22BrN5O2S2. The number of aromatic nitrogens is 3. The minimum absolute atomic E-state index is 0.0950. The van der Waals surface area contributed by atoms with E-state index in [1.165, 1.54) is 23.1 Å². The van der Waals surface area contributed by atoms with Crippen molar-refractivity contribution in [2.45, 2.75) is 57.1 Å². The SMILES string of the molecule is CC(C)n1c(SCC(=O)Nc2sc3c(c2C#N)CCCCC3)nnc1-c1ccc(Br)o1. The number of anilines is 1. The molecule has 1 aliphatic carbocycles. The number of fused-ring (bicyclic) bond motifs is 1. The molecule has 1 N–H and O–H groups in total. The summed E-state index contributed by atoms with van der Waals surface area (Å²) in [7, 11) is 0. The Hall–Kier alpha value is -2.09. The Labute approximate surface area is 197 Å². The van der Waals surface area contributed by atoms with Gasteiger partial charge in [-0.1, -0.05) is 18.2 Å². The molecule has 0 aliphatic heterocycles. The van der Waals surface area contributed by atoms with Crippen LogP contribution < -0.4 is 5.32 Å². The molecule has 7 nitrogen and oxygen atoms in total. The van der Waals surface area contributed by atoms with Crippen LogP contribution in [-0.4, -0.2) is 26.4 Å². The molecule has 0 bridgehead atoms. The highest BCUT2D eigenvalue weighted by Crippen LogP contribution is 2.37. The van der Waals surface area contributed by atoms with Crippen molar-refractivity contribution in [1.29, 1.82) is 5.26 Å². The summed E-state index contributed by atoms with van der Waals surface area (Å²) in [4.78, 5) is 13.9. The summed E-state index contributed by atoms with van der Waals surface area (Å²) < 4.78 is 8.21. The minimum Gasteiger partial charge on any atom is -0.446 e. The van der Waals surface area contributed by atoms with Crippen LogP contribution in [0.4, 0.5) is 5.00 Å². The normalized spacial score (nSPS) is 13.6. The maximum absolute atomic E-state index is 12.7. The average Bonchev–Trinajstić information content (AvgIpc) is 3.39. The zero-order chi connectivity index (χ0) is 22.0. The van der Waals surface area contributed by atoms with Crippen molar-refractivity contribution < 1.29 is 9.21 Å². The molecule has 3 heterocycles. The molecule has 0 saturated heterocycles. The third-order valence-electron chi connectivity index (χ3n) is 5.09. The van der Waals surface area contributed by atoms with Crippen LogP contribution in [0.3, 0.4) is 0 Å². The summed E-state index contributed by atoms with van der Waals surface area (Å²) in [5.74, 6) is 1.26. The lowest BCUT2D eigenvalue weighted by molar-refractivity contribution is -0.113. The van der Waals surface area contributed by atoms with Gasteiger partial charge < -0.3 is 9.73 Å². The fourth-order valence-electron chi connectivity index (χ4n) is 3.69. The zero-order valence-corrected chi connectivity index (χ0v) is 20.5. The Kier molecular flexibility index (Phi) is 6.84. The van der Waals surface area contributed by atoms with E-state index in [0.29, 0.717) is 32.0 Å². The van der Waals surface area contributed by atoms with Crippen LogP contribution in [-0.2, 0) is 17.6 Å². The second kappa shape index (κ2) is 9.59. The van der Waals surface area contributed by atoms with E-state index in [1.54, 1.807) is 11.3 Å². The highest BCUT2D eigenvalue weighted by molar-refractivity contribution is 9.10. The molecule has 10 heteroatoms. The van der Waals surface area contributed by atoms with Crippen LogP contribution in [0.5, 0.6) is 0 Å². The van der Waals surface area contributed by atoms with Crippen molar-refractivity contribution in [3.05, 3.63) is 32.8 Å². The number of rotatable bonds is 6. The lowest BCUT2D eigenvalue weighted by Crippen LogP contribution is -2.15. The van der Waals surface area contributed by atoms with E-state index < -0.39 is 0 Å². The molecule has 0 spiro atoms. The van der Waals surface area contributed by atoms with Crippen molar-refractivity contribution in [2.75, 3.05) is 11.1 Å². The van der Waals surface area contributed by atoms with Crippen molar-refractivity contribution in [3.63, 3.8) is 0 Å². The predicted octanol–water partition coefficient (Wildman–Crippen LogP) is 5.81. The number of amides is 1. The maximum Gasteiger partial charge on any atom is 0.235 e.